The summed E-state index contributed by atoms with van der Waals surface area (Å²) >= 11 is 5.70. The minimum Gasteiger partial charge on any atom is -0.394 e. The Morgan fingerprint density at radius 3 is 2.32 bits per heavy atom. The Morgan fingerprint density at radius 1 is 1.32 bits per heavy atom. The van der Waals surface area contributed by atoms with E-state index in [4.69, 9.17) is 11.6 Å². The Kier molecular flexibility index (Phi) is 5.50. The van der Waals surface area contributed by atoms with Crippen LogP contribution in [0.2, 0.25) is 5.02 Å². The summed E-state index contributed by atoms with van der Waals surface area (Å²) in [5.74, 6) is 0. The Labute approximate surface area is 115 Å². The second-order valence-electron chi connectivity index (χ2n) is 4.19. The van der Waals surface area contributed by atoms with E-state index in [1.54, 1.807) is 0 Å². The predicted octanol–water partition coefficient (Wildman–Crippen LogP) is 3.96. The first kappa shape index (κ1) is 16.1. The number of halogens is 4. The molecule has 1 aromatic carbocycles. The molecule has 0 aliphatic carbocycles. The van der Waals surface area contributed by atoms with Crippen LogP contribution >= 0.6 is 11.6 Å². The number of hydrogen-bond acceptors (Lipinski definition) is 2. The molecule has 0 saturated carbocycles. The van der Waals surface area contributed by atoms with Crippen molar-refractivity contribution in [3.63, 3.8) is 0 Å². The van der Waals surface area contributed by atoms with Crippen molar-refractivity contribution in [2.24, 2.45) is 0 Å². The SMILES string of the molecule is CCC(CO)N(CC)c1ccc(C(F)(F)F)c(Cl)c1. The van der Waals surface area contributed by atoms with E-state index in [1.807, 2.05) is 18.7 Å². The van der Waals surface area contributed by atoms with Gasteiger partial charge >= 0.3 is 6.18 Å². The molecule has 108 valence electrons. The Balaban J connectivity index is 3.11. The monoisotopic (exact) mass is 295 g/mol. The molecule has 1 atom stereocenters. The van der Waals surface area contributed by atoms with Gasteiger partial charge in [-0.1, -0.05) is 18.5 Å². The first-order valence-corrected chi connectivity index (χ1v) is 6.47. The molecule has 0 radical (unpaired) electrons. The number of hydrogen-bond donors (Lipinski definition) is 1. The van der Waals surface area contributed by atoms with E-state index in [0.29, 0.717) is 18.7 Å². The average molecular weight is 296 g/mol. The van der Waals surface area contributed by atoms with E-state index in [9.17, 15) is 18.3 Å². The smallest absolute Gasteiger partial charge is 0.394 e. The summed E-state index contributed by atoms with van der Waals surface area (Å²) < 4.78 is 37.8. The third-order valence-electron chi connectivity index (χ3n) is 3.05. The average Bonchev–Trinajstić information content (AvgIpc) is 2.34. The quantitative estimate of drug-likeness (QED) is 0.889. The highest BCUT2D eigenvalue weighted by atomic mass is 35.5. The Morgan fingerprint density at radius 2 is 1.95 bits per heavy atom. The minimum absolute atomic E-state index is 0.0526. The maximum Gasteiger partial charge on any atom is 0.417 e. The summed E-state index contributed by atoms with van der Waals surface area (Å²) in [6.07, 6.45) is -3.75. The molecule has 0 saturated heterocycles. The van der Waals surface area contributed by atoms with Crippen LogP contribution in [0.25, 0.3) is 0 Å². The van der Waals surface area contributed by atoms with Crippen molar-refractivity contribution in [1.82, 2.24) is 0 Å². The van der Waals surface area contributed by atoms with Crippen LogP contribution in [-0.4, -0.2) is 24.3 Å². The van der Waals surface area contributed by atoms with Gasteiger partial charge in [-0.3, -0.25) is 0 Å². The molecule has 1 N–H and O–H groups in total. The van der Waals surface area contributed by atoms with Gasteiger partial charge < -0.3 is 10.0 Å². The first-order valence-electron chi connectivity index (χ1n) is 6.09. The molecular formula is C13H17ClF3NO. The first-order chi connectivity index (χ1) is 8.85. The lowest BCUT2D eigenvalue weighted by Gasteiger charge is -2.31. The van der Waals surface area contributed by atoms with E-state index in [0.717, 1.165) is 6.07 Å². The fourth-order valence-corrected chi connectivity index (χ4v) is 2.29. The molecule has 0 aromatic heterocycles. The fraction of sp³-hybridized carbons (Fsp3) is 0.538. The minimum atomic E-state index is -4.45. The van der Waals surface area contributed by atoms with Crippen LogP contribution < -0.4 is 4.90 Å². The van der Waals surface area contributed by atoms with Gasteiger partial charge in [0, 0.05) is 12.2 Å². The third kappa shape index (κ3) is 3.76. The number of likely N-dealkylation sites (N-methyl/N-ethyl adjacent to an activating group) is 1. The molecule has 0 bridgehead atoms. The molecule has 0 fully saturated rings. The topological polar surface area (TPSA) is 23.5 Å². The molecule has 0 aliphatic rings. The maximum absolute atomic E-state index is 12.6. The molecular weight excluding hydrogens is 279 g/mol. The second-order valence-corrected chi connectivity index (χ2v) is 4.60. The van der Waals surface area contributed by atoms with Crippen molar-refractivity contribution < 1.29 is 18.3 Å². The molecule has 0 amide bonds. The van der Waals surface area contributed by atoms with Crippen LogP contribution in [-0.2, 0) is 6.18 Å². The van der Waals surface area contributed by atoms with Crippen molar-refractivity contribution in [1.29, 1.82) is 0 Å². The van der Waals surface area contributed by atoms with Gasteiger partial charge in [0.25, 0.3) is 0 Å². The zero-order chi connectivity index (χ0) is 14.6. The van der Waals surface area contributed by atoms with Crippen molar-refractivity contribution in [2.45, 2.75) is 32.5 Å². The molecule has 1 aromatic rings. The van der Waals surface area contributed by atoms with Gasteiger partial charge in [-0.05, 0) is 31.5 Å². The molecule has 0 heterocycles. The summed E-state index contributed by atoms with van der Waals surface area (Å²) in [6.45, 7) is 4.32. The van der Waals surface area contributed by atoms with Crippen LogP contribution in [0.15, 0.2) is 18.2 Å². The number of anilines is 1. The van der Waals surface area contributed by atoms with Crippen molar-refractivity contribution in [2.75, 3.05) is 18.1 Å². The van der Waals surface area contributed by atoms with E-state index < -0.39 is 11.7 Å². The summed E-state index contributed by atoms with van der Waals surface area (Å²) in [5, 5.41) is 8.96. The molecule has 0 aliphatic heterocycles. The van der Waals surface area contributed by atoms with Gasteiger partial charge in [0.1, 0.15) is 0 Å². The van der Waals surface area contributed by atoms with Gasteiger partial charge in [-0.25, -0.2) is 0 Å². The summed E-state index contributed by atoms with van der Waals surface area (Å²) in [5.41, 5.74) is -0.257. The largest absolute Gasteiger partial charge is 0.417 e. The highest BCUT2D eigenvalue weighted by Gasteiger charge is 2.33. The zero-order valence-corrected chi connectivity index (χ0v) is 11.6. The van der Waals surface area contributed by atoms with Crippen LogP contribution in [0.4, 0.5) is 18.9 Å². The number of alkyl halides is 3. The summed E-state index contributed by atoms with van der Waals surface area (Å²) in [6, 6.07) is 3.53. The molecule has 1 unspecified atom stereocenters. The Hall–Kier alpha value is -0.940. The normalized spacial score (nSPS) is 13.4. The maximum atomic E-state index is 12.6. The van der Waals surface area contributed by atoms with Gasteiger partial charge in [0.05, 0.1) is 23.2 Å². The van der Waals surface area contributed by atoms with Gasteiger partial charge in [-0.15, -0.1) is 0 Å². The highest BCUT2D eigenvalue weighted by molar-refractivity contribution is 6.31. The zero-order valence-electron chi connectivity index (χ0n) is 10.8. The van der Waals surface area contributed by atoms with Gasteiger partial charge in [0.2, 0.25) is 0 Å². The lowest BCUT2D eigenvalue weighted by atomic mass is 10.1. The lowest BCUT2D eigenvalue weighted by Crippen LogP contribution is -2.37. The van der Waals surface area contributed by atoms with E-state index in [1.165, 1.54) is 12.1 Å². The van der Waals surface area contributed by atoms with Crippen LogP contribution in [0.1, 0.15) is 25.8 Å². The number of nitrogens with zero attached hydrogens (tertiary/aromatic N) is 1. The van der Waals surface area contributed by atoms with Gasteiger partial charge in [0.15, 0.2) is 0 Å². The number of aliphatic hydroxyl groups excluding tert-OH is 1. The van der Waals surface area contributed by atoms with E-state index >= 15 is 0 Å². The fourth-order valence-electron chi connectivity index (χ4n) is 2.01. The highest BCUT2D eigenvalue weighted by Crippen LogP contribution is 2.36. The number of aliphatic hydroxyl groups is 1. The standard InChI is InChI=1S/C13H17ClF3NO/c1-3-9(8-19)18(4-2)10-5-6-11(12(14)7-10)13(15,16)17/h5-7,9,19H,3-4,8H2,1-2H3. The molecule has 19 heavy (non-hydrogen) atoms. The van der Waals surface area contributed by atoms with Crippen LogP contribution in [0.5, 0.6) is 0 Å². The number of rotatable bonds is 5. The lowest BCUT2D eigenvalue weighted by molar-refractivity contribution is -0.137. The van der Waals surface area contributed by atoms with Crippen molar-refractivity contribution in [3.05, 3.63) is 28.8 Å². The van der Waals surface area contributed by atoms with Crippen molar-refractivity contribution >= 4 is 17.3 Å². The van der Waals surface area contributed by atoms with Gasteiger partial charge in [-0.2, -0.15) is 13.2 Å². The predicted molar refractivity (Wildman–Crippen MR) is 70.6 cm³/mol. The molecule has 6 heteroatoms. The summed E-state index contributed by atoms with van der Waals surface area (Å²) in [7, 11) is 0. The van der Waals surface area contributed by atoms with E-state index in [2.05, 4.69) is 0 Å². The second kappa shape index (κ2) is 6.48. The Bertz CT molecular complexity index is 419. The third-order valence-corrected chi connectivity index (χ3v) is 3.37. The molecule has 1 rings (SSSR count). The number of benzene rings is 1. The van der Waals surface area contributed by atoms with Crippen LogP contribution in [0.3, 0.4) is 0 Å². The molecule has 0 spiro atoms. The van der Waals surface area contributed by atoms with Crippen LogP contribution in [0, 0.1) is 0 Å². The van der Waals surface area contributed by atoms with Crippen molar-refractivity contribution in [3.8, 4) is 0 Å². The summed E-state index contributed by atoms with van der Waals surface area (Å²) in [4.78, 5) is 1.84. The van der Waals surface area contributed by atoms with E-state index in [-0.39, 0.29) is 17.7 Å². The molecule has 2 nitrogen and oxygen atoms in total.